The number of allylic oxidation sites excluding steroid dienone is 5. The van der Waals surface area contributed by atoms with Gasteiger partial charge < -0.3 is 0 Å². The molecule has 12 heavy (non-hydrogen) atoms. The van der Waals surface area contributed by atoms with E-state index in [-0.39, 0.29) is 5.91 Å². The number of rotatable bonds is 0. The number of aliphatic imine (C=N–C) groups is 1. The highest BCUT2D eigenvalue weighted by Crippen LogP contribution is 2.16. The summed E-state index contributed by atoms with van der Waals surface area (Å²) < 4.78 is 12.7. The van der Waals surface area contributed by atoms with E-state index in [1.54, 1.807) is 6.08 Å². The van der Waals surface area contributed by atoms with Crippen molar-refractivity contribution < 1.29 is 9.18 Å². The van der Waals surface area contributed by atoms with Gasteiger partial charge in [-0.05, 0) is 29.9 Å². The van der Waals surface area contributed by atoms with Crippen LogP contribution in [0.1, 0.15) is 0 Å². The van der Waals surface area contributed by atoms with E-state index in [4.69, 9.17) is 0 Å². The molecule has 0 radical (unpaired) electrons. The van der Waals surface area contributed by atoms with Crippen LogP contribution in [0.5, 0.6) is 0 Å². The minimum Gasteiger partial charge on any atom is -0.267 e. The molecule has 0 spiro atoms. The average molecular weight is 163 g/mol. The Hall–Kier alpha value is -1.51. The van der Waals surface area contributed by atoms with Crippen molar-refractivity contribution in [3.63, 3.8) is 0 Å². The van der Waals surface area contributed by atoms with Gasteiger partial charge >= 0.3 is 0 Å². The first-order valence-corrected chi connectivity index (χ1v) is 3.61. The predicted octanol–water partition coefficient (Wildman–Crippen LogP) is 1.36. The molecule has 1 atom stereocenters. The largest absolute Gasteiger partial charge is 0.270 e. The molecule has 1 amide bonds. The van der Waals surface area contributed by atoms with E-state index in [2.05, 4.69) is 4.99 Å². The lowest BCUT2D eigenvalue weighted by Crippen LogP contribution is -2.12. The van der Waals surface area contributed by atoms with Crippen LogP contribution in [-0.4, -0.2) is 17.8 Å². The van der Waals surface area contributed by atoms with Crippen molar-refractivity contribution in [1.82, 2.24) is 0 Å². The molecule has 1 aliphatic carbocycles. The molecule has 0 fully saturated rings. The van der Waals surface area contributed by atoms with Crippen LogP contribution in [0.3, 0.4) is 0 Å². The molecule has 2 rings (SSSR count). The zero-order chi connectivity index (χ0) is 8.55. The molecule has 1 aliphatic heterocycles. The summed E-state index contributed by atoms with van der Waals surface area (Å²) in [7, 11) is 0. The van der Waals surface area contributed by atoms with Gasteiger partial charge in [-0.2, -0.15) is 0 Å². The minimum absolute atomic E-state index is 0.288. The van der Waals surface area contributed by atoms with Gasteiger partial charge in [0.15, 0.2) is 0 Å². The second-order valence-electron chi connectivity index (χ2n) is 2.59. The van der Waals surface area contributed by atoms with E-state index in [1.165, 1.54) is 24.3 Å². The molecule has 2 nitrogen and oxygen atoms in total. The van der Waals surface area contributed by atoms with E-state index in [1.807, 2.05) is 0 Å². The third kappa shape index (κ3) is 1.13. The summed E-state index contributed by atoms with van der Waals surface area (Å²) in [5, 5.41) is 0. The standard InChI is InChI=1S/C9H6FNO/c10-7-2-3-8-6(5-7)1-4-9(12)11-8/h1-5,7H. The number of nitrogens with zero attached hydrogens (tertiary/aromatic N) is 1. The fourth-order valence-electron chi connectivity index (χ4n) is 1.15. The number of hydrogen-bond donors (Lipinski definition) is 0. The van der Waals surface area contributed by atoms with Crippen molar-refractivity contribution in [2.24, 2.45) is 4.99 Å². The number of alkyl halides is 1. The van der Waals surface area contributed by atoms with Crippen LogP contribution >= 0.6 is 0 Å². The summed E-state index contributed by atoms with van der Waals surface area (Å²) in [6.07, 6.45) is 6.19. The lowest BCUT2D eigenvalue weighted by molar-refractivity contribution is -0.113. The second kappa shape index (κ2) is 2.52. The number of fused-ring (bicyclic) bond motifs is 1. The normalized spacial score (nSPS) is 26.4. The molecule has 0 aromatic carbocycles. The molecule has 0 bridgehead atoms. The van der Waals surface area contributed by atoms with Gasteiger partial charge in [0, 0.05) is 6.08 Å². The van der Waals surface area contributed by atoms with Crippen molar-refractivity contribution in [3.8, 4) is 0 Å². The van der Waals surface area contributed by atoms with Crippen molar-refractivity contribution in [1.29, 1.82) is 0 Å². The van der Waals surface area contributed by atoms with Gasteiger partial charge in [-0.25, -0.2) is 9.38 Å². The Bertz CT molecular complexity index is 350. The quantitative estimate of drug-likeness (QED) is 0.530. The number of carbonyl (C=O) groups is 1. The van der Waals surface area contributed by atoms with Crippen LogP contribution in [0.15, 0.2) is 40.9 Å². The summed E-state index contributed by atoms with van der Waals surface area (Å²) in [6.45, 7) is 0. The molecule has 2 aliphatic rings. The number of halogens is 1. The zero-order valence-electron chi connectivity index (χ0n) is 6.20. The van der Waals surface area contributed by atoms with Crippen molar-refractivity contribution in [3.05, 3.63) is 36.0 Å². The lowest BCUT2D eigenvalue weighted by atomic mass is 10.0. The number of amides is 1. The van der Waals surface area contributed by atoms with Crippen LogP contribution in [0.2, 0.25) is 0 Å². The third-order valence-electron chi connectivity index (χ3n) is 1.71. The summed E-state index contributed by atoms with van der Waals surface area (Å²) in [5.41, 5.74) is 1.24. The van der Waals surface area contributed by atoms with Crippen molar-refractivity contribution in [2.75, 3.05) is 0 Å². The molecule has 0 N–H and O–H groups in total. The highest BCUT2D eigenvalue weighted by molar-refractivity contribution is 6.19. The van der Waals surface area contributed by atoms with Gasteiger partial charge in [0.2, 0.25) is 0 Å². The Kier molecular flexibility index (Phi) is 1.50. The Labute approximate surface area is 68.8 Å². The number of dihydropyridines is 1. The fourth-order valence-corrected chi connectivity index (χ4v) is 1.15. The zero-order valence-corrected chi connectivity index (χ0v) is 6.20. The molecule has 0 aromatic heterocycles. The molecule has 3 heteroatoms. The summed E-state index contributed by atoms with van der Waals surface area (Å²) >= 11 is 0. The summed E-state index contributed by atoms with van der Waals surface area (Å²) in [5.74, 6) is -0.288. The highest BCUT2D eigenvalue weighted by atomic mass is 19.1. The van der Waals surface area contributed by atoms with Gasteiger partial charge in [-0.15, -0.1) is 0 Å². The van der Waals surface area contributed by atoms with E-state index < -0.39 is 6.17 Å². The van der Waals surface area contributed by atoms with Crippen molar-refractivity contribution in [2.45, 2.75) is 6.17 Å². The summed E-state index contributed by atoms with van der Waals surface area (Å²) in [6, 6.07) is 0. The molecular formula is C9H6FNO. The van der Waals surface area contributed by atoms with Crippen LogP contribution in [-0.2, 0) is 4.79 Å². The van der Waals surface area contributed by atoms with Crippen LogP contribution in [0.25, 0.3) is 0 Å². The second-order valence-corrected chi connectivity index (χ2v) is 2.59. The average Bonchev–Trinajstić information content (AvgIpc) is 2.05. The molecule has 1 unspecified atom stereocenters. The molecule has 0 saturated heterocycles. The van der Waals surface area contributed by atoms with Gasteiger partial charge in [0.1, 0.15) is 6.17 Å². The van der Waals surface area contributed by atoms with Crippen LogP contribution < -0.4 is 0 Å². The lowest BCUT2D eigenvalue weighted by Gasteiger charge is -2.11. The minimum atomic E-state index is -1.06. The van der Waals surface area contributed by atoms with E-state index >= 15 is 0 Å². The fraction of sp³-hybridized carbons (Fsp3) is 0.111. The Morgan fingerprint density at radius 1 is 1.33 bits per heavy atom. The van der Waals surface area contributed by atoms with Gasteiger partial charge in [-0.3, -0.25) is 4.79 Å². The first kappa shape index (κ1) is 7.16. The van der Waals surface area contributed by atoms with Crippen molar-refractivity contribution >= 4 is 11.6 Å². The van der Waals surface area contributed by atoms with Crippen LogP contribution in [0, 0.1) is 0 Å². The molecule has 0 saturated carbocycles. The molecule has 1 heterocycles. The SMILES string of the molecule is O=C1C=CC2=CC(F)C=CC2=N1. The monoisotopic (exact) mass is 163 g/mol. The van der Waals surface area contributed by atoms with Gasteiger partial charge in [0.25, 0.3) is 5.91 Å². The topological polar surface area (TPSA) is 29.4 Å². The molecule has 60 valence electrons. The Balaban J connectivity index is 2.41. The third-order valence-corrected chi connectivity index (χ3v) is 1.71. The maximum Gasteiger partial charge on any atom is 0.270 e. The first-order chi connectivity index (χ1) is 5.75. The molecule has 0 aromatic rings. The first-order valence-electron chi connectivity index (χ1n) is 3.61. The highest BCUT2D eigenvalue weighted by Gasteiger charge is 2.14. The van der Waals surface area contributed by atoms with E-state index in [0.717, 1.165) is 0 Å². The van der Waals surface area contributed by atoms with E-state index in [9.17, 15) is 9.18 Å². The maximum atomic E-state index is 12.7. The maximum absolute atomic E-state index is 12.7. The Morgan fingerprint density at radius 2 is 2.17 bits per heavy atom. The van der Waals surface area contributed by atoms with E-state index in [0.29, 0.717) is 11.3 Å². The van der Waals surface area contributed by atoms with Gasteiger partial charge in [0.05, 0.1) is 5.71 Å². The predicted molar refractivity (Wildman–Crippen MR) is 43.7 cm³/mol. The molecular weight excluding hydrogens is 157 g/mol. The van der Waals surface area contributed by atoms with Gasteiger partial charge in [-0.1, -0.05) is 0 Å². The Morgan fingerprint density at radius 3 is 3.00 bits per heavy atom. The smallest absolute Gasteiger partial charge is 0.267 e. The summed E-state index contributed by atoms with van der Waals surface area (Å²) in [4.78, 5) is 14.5. The van der Waals surface area contributed by atoms with Crippen LogP contribution in [0.4, 0.5) is 4.39 Å². The number of hydrogen-bond acceptors (Lipinski definition) is 1. The number of carbonyl (C=O) groups excluding carboxylic acids is 1.